The monoisotopic (exact) mass is 266 g/mol. The third-order valence-corrected chi connectivity index (χ3v) is 3.09. The Bertz CT molecular complexity index is 718. The molecule has 1 amide bonds. The lowest BCUT2D eigenvalue weighted by Crippen LogP contribution is -2.23. The molecule has 0 unspecified atom stereocenters. The molecule has 1 aliphatic rings. The molecule has 100 valence electrons. The van der Waals surface area contributed by atoms with Crippen molar-refractivity contribution >= 4 is 22.9 Å². The zero-order valence-corrected chi connectivity index (χ0v) is 10.2. The summed E-state index contributed by atoms with van der Waals surface area (Å²) in [6.45, 7) is 2.65. The highest BCUT2D eigenvalue weighted by molar-refractivity contribution is 5.92. The summed E-state index contributed by atoms with van der Waals surface area (Å²) < 4.78 is 25.1. The van der Waals surface area contributed by atoms with Crippen molar-refractivity contribution in [3.63, 3.8) is 0 Å². The van der Waals surface area contributed by atoms with Crippen molar-refractivity contribution in [2.24, 2.45) is 0 Å². The molecular weight excluding hydrogens is 255 g/mol. The van der Waals surface area contributed by atoms with Crippen molar-refractivity contribution in [3.05, 3.63) is 28.5 Å². The van der Waals surface area contributed by atoms with Crippen LogP contribution in [0.25, 0.3) is 11.1 Å². The summed E-state index contributed by atoms with van der Waals surface area (Å²) in [5.74, 6) is -1.21. The van der Waals surface area contributed by atoms with E-state index in [9.17, 15) is 14.0 Å². The van der Waals surface area contributed by atoms with Gasteiger partial charge in [-0.2, -0.15) is 0 Å². The number of ether oxygens (including phenoxy) is 1. The van der Waals surface area contributed by atoms with Crippen LogP contribution >= 0.6 is 0 Å². The van der Waals surface area contributed by atoms with Crippen LogP contribution in [0.2, 0.25) is 0 Å². The lowest BCUT2D eigenvalue weighted by molar-refractivity contribution is 0.181. The summed E-state index contributed by atoms with van der Waals surface area (Å²) >= 11 is 0. The molecule has 1 saturated heterocycles. The zero-order valence-electron chi connectivity index (χ0n) is 10.2. The highest BCUT2D eigenvalue weighted by Gasteiger charge is 2.25. The average molecular weight is 266 g/mol. The summed E-state index contributed by atoms with van der Waals surface area (Å²) in [5, 5.41) is 0. The average Bonchev–Trinajstić information content (AvgIpc) is 2.92. The van der Waals surface area contributed by atoms with Crippen LogP contribution in [0, 0.1) is 5.82 Å². The van der Waals surface area contributed by atoms with Crippen LogP contribution in [0.4, 0.5) is 14.9 Å². The summed E-state index contributed by atoms with van der Waals surface area (Å²) in [6.07, 6.45) is -0.531. The molecule has 19 heavy (non-hydrogen) atoms. The van der Waals surface area contributed by atoms with E-state index in [4.69, 9.17) is 9.15 Å². The van der Waals surface area contributed by atoms with Crippen LogP contribution in [0.1, 0.15) is 6.92 Å². The molecule has 0 saturated carbocycles. The highest BCUT2D eigenvalue weighted by Crippen LogP contribution is 2.26. The van der Waals surface area contributed by atoms with Crippen molar-refractivity contribution in [1.29, 1.82) is 0 Å². The molecule has 1 aromatic heterocycles. The molecule has 6 nitrogen and oxygen atoms in total. The summed E-state index contributed by atoms with van der Waals surface area (Å²) in [4.78, 5) is 24.3. The van der Waals surface area contributed by atoms with Gasteiger partial charge in [0.15, 0.2) is 11.4 Å². The molecule has 0 atom stereocenters. The van der Waals surface area contributed by atoms with Crippen LogP contribution < -0.4 is 10.7 Å². The van der Waals surface area contributed by atoms with E-state index in [0.29, 0.717) is 18.8 Å². The van der Waals surface area contributed by atoms with Crippen LogP contribution in [-0.4, -0.2) is 23.8 Å². The third-order valence-electron chi connectivity index (χ3n) is 3.09. The van der Waals surface area contributed by atoms with Gasteiger partial charge in [-0.15, -0.1) is 0 Å². The van der Waals surface area contributed by atoms with Crippen LogP contribution in [0.3, 0.4) is 0 Å². The Kier molecular flexibility index (Phi) is 2.55. The molecule has 0 radical (unpaired) electrons. The van der Waals surface area contributed by atoms with Gasteiger partial charge in [-0.25, -0.2) is 14.0 Å². The molecule has 2 aromatic rings. The normalized spacial score (nSPS) is 15.3. The Balaban J connectivity index is 2.20. The van der Waals surface area contributed by atoms with E-state index in [-0.39, 0.29) is 17.7 Å². The minimum absolute atomic E-state index is 0.115. The van der Waals surface area contributed by atoms with Gasteiger partial charge in [-0.05, 0) is 6.92 Å². The standard InChI is InChI=1S/C12H11FN2O4/c1-2-14-10-8(13)5-7(6-9(10)19-12(14)17)15-3-4-18-11(15)16/h5-6H,2-4H2,1H3. The van der Waals surface area contributed by atoms with Crippen LogP contribution in [-0.2, 0) is 11.3 Å². The number of halogens is 1. The Morgan fingerprint density at radius 3 is 2.79 bits per heavy atom. The smallest absolute Gasteiger partial charge is 0.420 e. The first-order valence-electron chi connectivity index (χ1n) is 5.89. The van der Waals surface area contributed by atoms with Gasteiger partial charge in [-0.3, -0.25) is 9.47 Å². The number of carbonyl (C=O) groups is 1. The Hall–Kier alpha value is -2.31. The third kappa shape index (κ3) is 1.69. The topological polar surface area (TPSA) is 64.7 Å². The molecule has 0 aliphatic carbocycles. The second-order valence-corrected chi connectivity index (χ2v) is 4.15. The highest BCUT2D eigenvalue weighted by atomic mass is 19.1. The van der Waals surface area contributed by atoms with Gasteiger partial charge in [0.1, 0.15) is 12.1 Å². The Morgan fingerprint density at radius 1 is 1.37 bits per heavy atom. The summed E-state index contributed by atoms with van der Waals surface area (Å²) in [7, 11) is 0. The molecule has 2 heterocycles. The fourth-order valence-corrected chi connectivity index (χ4v) is 2.21. The predicted octanol–water partition coefficient (Wildman–Crippen LogP) is 1.71. The first-order valence-corrected chi connectivity index (χ1v) is 5.89. The zero-order chi connectivity index (χ0) is 13.6. The van der Waals surface area contributed by atoms with Crippen LogP contribution in [0.15, 0.2) is 21.3 Å². The first kappa shape index (κ1) is 11.8. The lowest BCUT2D eigenvalue weighted by atomic mass is 10.2. The maximum atomic E-state index is 14.1. The number of aromatic nitrogens is 1. The number of amides is 1. The molecular formula is C12H11FN2O4. The lowest BCUT2D eigenvalue weighted by Gasteiger charge is -2.12. The number of nitrogens with zero attached hydrogens (tertiary/aromatic N) is 2. The van der Waals surface area contributed by atoms with E-state index < -0.39 is 17.7 Å². The fraction of sp³-hybridized carbons (Fsp3) is 0.333. The second kappa shape index (κ2) is 4.11. The van der Waals surface area contributed by atoms with Crippen molar-refractivity contribution in [1.82, 2.24) is 4.57 Å². The minimum Gasteiger partial charge on any atom is -0.447 e. The first-order chi connectivity index (χ1) is 9.11. The van der Waals surface area contributed by atoms with Gasteiger partial charge >= 0.3 is 11.8 Å². The SMILES string of the molecule is CCn1c(=O)oc2cc(N3CCOC3=O)cc(F)c21. The van der Waals surface area contributed by atoms with Crippen LogP contribution in [0.5, 0.6) is 0 Å². The molecule has 3 rings (SSSR count). The predicted molar refractivity (Wildman–Crippen MR) is 64.8 cm³/mol. The maximum absolute atomic E-state index is 14.1. The van der Waals surface area contributed by atoms with E-state index in [0.717, 1.165) is 0 Å². The Morgan fingerprint density at radius 2 is 2.16 bits per heavy atom. The fourth-order valence-electron chi connectivity index (χ4n) is 2.21. The number of hydrogen-bond donors (Lipinski definition) is 0. The van der Waals surface area contributed by atoms with Gasteiger partial charge in [0.25, 0.3) is 0 Å². The van der Waals surface area contributed by atoms with E-state index >= 15 is 0 Å². The number of aryl methyl sites for hydroxylation is 1. The van der Waals surface area contributed by atoms with E-state index in [1.807, 2.05) is 0 Å². The van der Waals surface area contributed by atoms with Gasteiger partial charge in [0.2, 0.25) is 0 Å². The Labute approximate surface area is 107 Å². The number of hydrogen-bond acceptors (Lipinski definition) is 4. The van der Waals surface area contributed by atoms with Crippen molar-refractivity contribution < 1.29 is 18.3 Å². The summed E-state index contributed by atoms with van der Waals surface area (Å²) in [5.41, 5.74) is 0.565. The number of fused-ring (bicyclic) bond motifs is 1. The molecule has 0 spiro atoms. The van der Waals surface area contributed by atoms with Gasteiger partial charge in [0.05, 0.1) is 12.2 Å². The number of anilines is 1. The number of cyclic esters (lactones) is 1. The van der Waals surface area contributed by atoms with Crippen molar-refractivity contribution in [2.45, 2.75) is 13.5 Å². The molecule has 0 bridgehead atoms. The number of rotatable bonds is 2. The molecule has 1 aliphatic heterocycles. The molecule has 7 heteroatoms. The summed E-state index contributed by atoms with van der Waals surface area (Å²) in [6, 6.07) is 2.68. The van der Waals surface area contributed by atoms with Crippen molar-refractivity contribution in [2.75, 3.05) is 18.1 Å². The molecule has 0 N–H and O–H groups in total. The molecule has 1 aromatic carbocycles. The van der Waals surface area contributed by atoms with Gasteiger partial charge < -0.3 is 9.15 Å². The van der Waals surface area contributed by atoms with E-state index in [1.54, 1.807) is 6.92 Å². The van der Waals surface area contributed by atoms with Crippen molar-refractivity contribution in [3.8, 4) is 0 Å². The number of carbonyl (C=O) groups excluding carboxylic acids is 1. The number of benzene rings is 1. The largest absolute Gasteiger partial charge is 0.447 e. The maximum Gasteiger partial charge on any atom is 0.420 e. The quantitative estimate of drug-likeness (QED) is 0.830. The van der Waals surface area contributed by atoms with E-state index in [2.05, 4.69) is 0 Å². The van der Waals surface area contributed by atoms with Gasteiger partial charge in [-0.1, -0.05) is 0 Å². The second-order valence-electron chi connectivity index (χ2n) is 4.15. The minimum atomic E-state index is -0.613. The molecule has 1 fully saturated rings. The van der Waals surface area contributed by atoms with Gasteiger partial charge in [0, 0.05) is 18.7 Å². The van der Waals surface area contributed by atoms with E-state index in [1.165, 1.54) is 21.6 Å². The number of oxazole rings is 1.